The minimum Gasteiger partial charge on any atom is -0.496 e. The van der Waals surface area contributed by atoms with Crippen LogP contribution in [-0.4, -0.2) is 28.0 Å². The number of hydrogen-bond acceptors (Lipinski definition) is 8. The number of rotatable bonds is 9. The Morgan fingerprint density at radius 1 is 0.951 bits per heavy atom. The molecule has 0 bridgehead atoms. The zero-order valence-electron chi connectivity index (χ0n) is 23.4. The van der Waals surface area contributed by atoms with Crippen LogP contribution >= 0.6 is 11.8 Å². The first-order chi connectivity index (χ1) is 19.8. The third-order valence-corrected chi connectivity index (χ3v) is 7.75. The molecule has 0 aliphatic heterocycles. The lowest BCUT2D eigenvalue weighted by Gasteiger charge is -2.18. The van der Waals surface area contributed by atoms with E-state index in [1.54, 1.807) is 18.9 Å². The molecule has 1 amide bonds. The van der Waals surface area contributed by atoms with Crippen LogP contribution in [0.3, 0.4) is 0 Å². The van der Waals surface area contributed by atoms with Crippen molar-refractivity contribution in [1.29, 1.82) is 0 Å². The first kappa shape index (κ1) is 27.9. The SMILES string of the molecule is COc1ccccc1C(C)NC(=O)c1ccc(Sc2ccc(N)cc2)c(Nc2ncnc3nc(C(C)C)ccc23)c1. The van der Waals surface area contributed by atoms with Gasteiger partial charge >= 0.3 is 0 Å². The number of ether oxygens (including phenoxy) is 1. The van der Waals surface area contributed by atoms with E-state index in [0.717, 1.165) is 37.9 Å². The zero-order chi connectivity index (χ0) is 28.9. The van der Waals surface area contributed by atoms with Crippen molar-refractivity contribution in [3.05, 3.63) is 102 Å². The Hall–Kier alpha value is -4.63. The van der Waals surface area contributed by atoms with Gasteiger partial charge in [0, 0.05) is 32.3 Å². The maximum absolute atomic E-state index is 13.4. The highest BCUT2D eigenvalue weighted by atomic mass is 32.2. The molecule has 0 fully saturated rings. The lowest BCUT2D eigenvalue weighted by molar-refractivity contribution is 0.0939. The second kappa shape index (κ2) is 12.3. The fraction of sp³-hybridized carbons (Fsp3) is 0.188. The molecule has 41 heavy (non-hydrogen) atoms. The Labute approximate surface area is 243 Å². The number of fused-ring (bicyclic) bond motifs is 1. The van der Waals surface area contributed by atoms with Gasteiger partial charge in [0.25, 0.3) is 5.91 Å². The van der Waals surface area contributed by atoms with E-state index in [4.69, 9.17) is 15.5 Å². The number of nitrogens with zero attached hydrogens (tertiary/aromatic N) is 3. The summed E-state index contributed by atoms with van der Waals surface area (Å²) < 4.78 is 5.49. The third kappa shape index (κ3) is 6.41. The Morgan fingerprint density at radius 3 is 2.49 bits per heavy atom. The number of nitrogens with one attached hydrogen (secondary N) is 2. The molecular formula is C32H32N6O2S. The monoisotopic (exact) mass is 564 g/mol. The first-order valence-electron chi connectivity index (χ1n) is 13.3. The van der Waals surface area contributed by atoms with Crippen molar-refractivity contribution >= 4 is 45.9 Å². The van der Waals surface area contributed by atoms with Crippen molar-refractivity contribution in [2.24, 2.45) is 0 Å². The number of carbonyl (C=O) groups is 1. The summed E-state index contributed by atoms with van der Waals surface area (Å²) in [6, 6.07) is 24.7. The lowest BCUT2D eigenvalue weighted by Crippen LogP contribution is -2.27. The van der Waals surface area contributed by atoms with Gasteiger partial charge in [-0.25, -0.2) is 15.0 Å². The van der Waals surface area contributed by atoms with Crippen LogP contribution in [0, 0.1) is 0 Å². The second-order valence-electron chi connectivity index (χ2n) is 9.93. The average molecular weight is 565 g/mol. The van der Waals surface area contributed by atoms with Gasteiger partial charge in [0.1, 0.15) is 17.9 Å². The molecule has 8 nitrogen and oxygen atoms in total. The van der Waals surface area contributed by atoms with E-state index in [9.17, 15) is 4.79 Å². The largest absolute Gasteiger partial charge is 0.496 e. The zero-order valence-corrected chi connectivity index (χ0v) is 24.2. The predicted molar refractivity (Wildman–Crippen MR) is 165 cm³/mol. The van der Waals surface area contributed by atoms with Crippen LogP contribution in [-0.2, 0) is 0 Å². The molecule has 5 rings (SSSR count). The number of carbonyl (C=O) groups excluding carboxylic acids is 1. The summed E-state index contributed by atoms with van der Waals surface area (Å²) in [5, 5.41) is 7.35. The number of anilines is 3. The molecule has 2 heterocycles. The van der Waals surface area contributed by atoms with Crippen LogP contribution < -0.4 is 21.1 Å². The van der Waals surface area contributed by atoms with Gasteiger partial charge in [-0.2, -0.15) is 0 Å². The molecule has 3 aromatic carbocycles. The van der Waals surface area contributed by atoms with Crippen LogP contribution in [0.2, 0.25) is 0 Å². The molecule has 0 aliphatic rings. The number of nitrogen functional groups attached to an aromatic ring is 1. The molecule has 0 saturated carbocycles. The van der Waals surface area contributed by atoms with Gasteiger partial charge in [0.2, 0.25) is 0 Å². The summed E-state index contributed by atoms with van der Waals surface area (Å²) in [5.74, 6) is 1.41. The number of pyridine rings is 1. The van der Waals surface area contributed by atoms with Gasteiger partial charge < -0.3 is 21.1 Å². The van der Waals surface area contributed by atoms with Gasteiger partial charge in [0.15, 0.2) is 5.65 Å². The summed E-state index contributed by atoms with van der Waals surface area (Å²) in [5.41, 5.74) is 10.3. The van der Waals surface area contributed by atoms with Gasteiger partial charge in [-0.05, 0) is 73.5 Å². The highest BCUT2D eigenvalue weighted by Crippen LogP contribution is 2.37. The van der Waals surface area contributed by atoms with Crippen molar-refractivity contribution in [3.8, 4) is 5.75 Å². The van der Waals surface area contributed by atoms with Crippen molar-refractivity contribution in [3.63, 3.8) is 0 Å². The number of para-hydroxylation sites is 1. The van der Waals surface area contributed by atoms with E-state index in [2.05, 4.69) is 34.4 Å². The Bertz CT molecular complexity index is 1690. The van der Waals surface area contributed by atoms with Crippen LogP contribution in [0.15, 0.2) is 95.0 Å². The quantitative estimate of drug-likeness (QED) is 0.162. The van der Waals surface area contributed by atoms with Gasteiger partial charge in [-0.15, -0.1) is 0 Å². The first-order valence-corrected chi connectivity index (χ1v) is 14.1. The van der Waals surface area contributed by atoms with E-state index in [1.165, 1.54) is 6.33 Å². The normalized spacial score (nSPS) is 11.8. The molecule has 1 atom stereocenters. The summed E-state index contributed by atoms with van der Waals surface area (Å²) >= 11 is 1.56. The molecule has 208 valence electrons. The van der Waals surface area contributed by atoms with Crippen LogP contribution in [0.4, 0.5) is 17.2 Å². The fourth-order valence-electron chi connectivity index (χ4n) is 4.41. The van der Waals surface area contributed by atoms with Crippen molar-refractivity contribution in [2.75, 3.05) is 18.2 Å². The smallest absolute Gasteiger partial charge is 0.251 e. The standard InChI is InChI=1S/C32H32N6O2S/c1-19(2)26-15-14-25-30(37-26)34-18-35-31(25)38-27-17-21(9-16-29(27)41-23-12-10-22(33)11-13-23)32(39)36-20(3)24-7-5-6-8-28(24)40-4/h5-20H,33H2,1-4H3,(H,36,39)(H,34,35,37,38). The topological polar surface area (TPSA) is 115 Å². The third-order valence-electron chi connectivity index (χ3n) is 6.67. The molecule has 1 unspecified atom stereocenters. The molecular weight excluding hydrogens is 532 g/mol. The molecule has 2 aromatic heterocycles. The predicted octanol–water partition coefficient (Wildman–Crippen LogP) is 7.12. The maximum Gasteiger partial charge on any atom is 0.251 e. The summed E-state index contributed by atoms with van der Waals surface area (Å²) in [4.78, 5) is 29.0. The minimum absolute atomic E-state index is 0.203. The van der Waals surface area contributed by atoms with Crippen LogP contribution in [0.5, 0.6) is 5.75 Å². The Morgan fingerprint density at radius 2 is 1.73 bits per heavy atom. The van der Waals surface area contributed by atoms with Crippen LogP contribution in [0.25, 0.3) is 11.0 Å². The number of amides is 1. The summed E-state index contributed by atoms with van der Waals surface area (Å²) in [7, 11) is 1.62. The molecule has 5 aromatic rings. The van der Waals surface area contributed by atoms with Gasteiger partial charge in [-0.3, -0.25) is 4.79 Å². The molecule has 9 heteroatoms. The van der Waals surface area contributed by atoms with E-state index in [0.29, 0.717) is 22.7 Å². The van der Waals surface area contributed by atoms with Crippen LogP contribution in [0.1, 0.15) is 54.3 Å². The minimum atomic E-state index is -0.258. The van der Waals surface area contributed by atoms with Crippen molar-refractivity contribution in [2.45, 2.75) is 42.5 Å². The Kier molecular flexibility index (Phi) is 8.35. The van der Waals surface area contributed by atoms with Crippen molar-refractivity contribution < 1.29 is 9.53 Å². The van der Waals surface area contributed by atoms with E-state index < -0.39 is 0 Å². The summed E-state index contributed by atoms with van der Waals surface area (Å²) in [6.45, 7) is 6.13. The summed E-state index contributed by atoms with van der Waals surface area (Å²) in [6.07, 6.45) is 1.50. The number of aromatic nitrogens is 3. The highest BCUT2D eigenvalue weighted by Gasteiger charge is 2.18. The molecule has 0 saturated heterocycles. The van der Waals surface area contributed by atoms with E-state index in [1.807, 2.05) is 85.8 Å². The number of hydrogen-bond donors (Lipinski definition) is 3. The van der Waals surface area contributed by atoms with E-state index >= 15 is 0 Å². The molecule has 0 spiro atoms. The lowest BCUT2D eigenvalue weighted by atomic mass is 10.1. The average Bonchev–Trinajstić information content (AvgIpc) is 2.98. The van der Waals surface area contributed by atoms with Gasteiger partial charge in [0.05, 0.1) is 24.2 Å². The van der Waals surface area contributed by atoms with Crippen molar-refractivity contribution in [1.82, 2.24) is 20.3 Å². The van der Waals surface area contributed by atoms with E-state index in [-0.39, 0.29) is 17.9 Å². The molecule has 0 aliphatic carbocycles. The molecule has 4 N–H and O–H groups in total. The maximum atomic E-state index is 13.4. The second-order valence-corrected chi connectivity index (χ2v) is 11.0. The number of methoxy groups -OCH3 is 1. The Balaban J connectivity index is 1.49. The number of benzene rings is 3. The van der Waals surface area contributed by atoms with Gasteiger partial charge in [-0.1, -0.05) is 43.8 Å². The number of nitrogens with two attached hydrogens (primary N) is 1. The highest BCUT2D eigenvalue weighted by molar-refractivity contribution is 7.99. The molecule has 0 radical (unpaired) electrons. The fourth-order valence-corrected chi connectivity index (χ4v) is 5.29.